The van der Waals surface area contributed by atoms with Gasteiger partial charge in [0.1, 0.15) is 17.3 Å². The van der Waals surface area contributed by atoms with Crippen LogP contribution in [0.15, 0.2) is 58.2 Å². The van der Waals surface area contributed by atoms with Gasteiger partial charge in [0.25, 0.3) is 0 Å². The molecule has 0 fully saturated rings. The highest BCUT2D eigenvalue weighted by Crippen LogP contribution is 2.27. The van der Waals surface area contributed by atoms with Crippen LogP contribution in [-0.2, 0) is 9.53 Å². The van der Waals surface area contributed by atoms with Crippen molar-refractivity contribution in [2.24, 2.45) is 5.92 Å². The SMILES string of the molecule is Cc1ccc(-c2ccc(/C=C3\C=C(CC(C)C)OC3=O)o2)cc1. The van der Waals surface area contributed by atoms with Gasteiger partial charge in [-0.25, -0.2) is 4.79 Å². The summed E-state index contributed by atoms with van der Waals surface area (Å²) < 4.78 is 11.1. The molecule has 0 aliphatic carbocycles. The average molecular weight is 308 g/mol. The molecule has 3 rings (SSSR count). The van der Waals surface area contributed by atoms with Crippen LogP contribution in [0, 0.1) is 12.8 Å². The number of hydrogen-bond acceptors (Lipinski definition) is 3. The van der Waals surface area contributed by atoms with E-state index in [1.54, 1.807) is 12.2 Å². The van der Waals surface area contributed by atoms with Gasteiger partial charge in [-0.3, -0.25) is 0 Å². The molecule has 1 aliphatic rings. The Balaban J connectivity index is 1.82. The average Bonchev–Trinajstić information content (AvgIpc) is 3.07. The lowest BCUT2D eigenvalue weighted by Gasteiger charge is -2.03. The molecule has 118 valence electrons. The Hall–Kier alpha value is -2.55. The quantitative estimate of drug-likeness (QED) is 0.581. The van der Waals surface area contributed by atoms with Crippen molar-refractivity contribution in [2.75, 3.05) is 0 Å². The van der Waals surface area contributed by atoms with E-state index in [1.807, 2.05) is 36.4 Å². The highest BCUT2D eigenvalue weighted by molar-refractivity contribution is 5.99. The van der Waals surface area contributed by atoms with Crippen LogP contribution in [0.25, 0.3) is 17.4 Å². The molecule has 1 aliphatic heterocycles. The number of ether oxygens (including phenoxy) is 1. The van der Waals surface area contributed by atoms with Crippen LogP contribution in [0.1, 0.15) is 31.6 Å². The van der Waals surface area contributed by atoms with Gasteiger partial charge < -0.3 is 9.15 Å². The Kier molecular flexibility index (Phi) is 4.20. The number of carbonyl (C=O) groups is 1. The molecule has 0 N–H and O–H groups in total. The van der Waals surface area contributed by atoms with Crippen LogP contribution in [0.4, 0.5) is 0 Å². The first-order valence-corrected chi connectivity index (χ1v) is 7.82. The third kappa shape index (κ3) is 3.62. The van der Waals surface area contributed by atoms with Gasteiger partial charge in [0.15, 0.2) is 0 Å². The molecular formula is C20H20O3. The molecule has 0 spiro atoms. The topological polar surface area (TPSA) is 39.4 Å². The van der Waals surface area contributed by atoms with E-state index >= 15 is 0 Å². The molecule has 0 saturated carbocycles. The summed E-state index contributed by atoms with van der Waals surface area (Å²) >= 11 is 0. The van der Waals surface area contributed by atoms with Gasteiger partial charge in [-0.2, -0.15) is 0 Å². The Morgan fingerprint density at radius 3 is 2.52 bits per heavy atom. The molecule has 0 atom stereocenters. The zero-order valence-electron chi connectivity index (χ0n) is 13.6. The second-order valence-electron chi connectivity index (χ2n) is 6.27. The molecule has 3 heteroatoms. The minimum atomic E-state index is -0.311. The van der Waals surface area contributed by atoms with Crippen molar-refractivity contribution in [1.82, 2.24) is 0 Å². The number of esters is 1. The van der Waals surface area contributed by atoms with E-state index in [0.717, 1.165) is 23.5 Å². The zero-order chi connectivity index (χ0) is 16.4. The van der Waals surface area contributed by atoms with E-state index in [-0.39, 0.29) is 5.97 Å². The van der Waals surface area contributed by atoms with Crippen LogP contribution in [0.5, 0.6) is 0 Å². The number of benzene rings is 1. The molecule has 1 aromatic carbocycles. The molecule has 0 bridgehead atoms. The second-order valence-corrected chi connectivity index (χ2v) is 6.27. The Morgan fingerprint density at radius 2 is 1.83 bits per heavy atom. The van der Waals surface area contributed by atoms with Crippen LogP contribution in [-0.4, -0.2) is 5.97 Å². The summed E-state index contributed by atoms with van der Waals surface area (Å²) in [6, 6.07) is 11.9. The van der Waals surface area contributed by atoms with Crippen molar-refractivity contribution >= 4 is 12.0 Å². The third-order valence-electron chi connectivity index (χ3n) is 3.65. The van der Waals surface area contributed by atoms with Crippen LogP contribution < -0.4 is 0 Å². The molecule has 0 unspecified atom stereocenters. The number of allylic oxidation sites excluding steroid dienone is 1. The highest BCUT2D eigenvalue weighted by atomic mass is 16.5. The monoisotopic (exact) mass is 308 g/mol. The standard InChI is InChI=1S/C20H20O3/c1-13(2)10-18-12-16(20(21)23-18)11-17-8-9-19(22-17)15-6-4-14(3)5-7-15/h4-9,11-13H,10H2,1-3H3/b16-11+. The maximum Gasteiger partial charge on any atom is 0.343 e. The summed E-state index contributed by atoms with van der Waals surface area (Å²) in [7, 11) is 0. The zero-order valence-corrected chi connectivity index (χ0v) is 13.6. The largest absolute Gasteiger partial charge is 0.457 e. The molecule has 2 aromatic rings. The van der Waals surface area contributed by atoms with E-state index in [4.69, 9.17) is 9.15 Å². The van der Waals surface area contributed by atoms with E-state index in [2.05, 4.69) is 20.8 Å². The first-order valence-electron chi connectivity index (χ1n) is 7.82. The summed E-state index contributed by atoms with van der Waals surface area (Å²) in [5, 5.41) is 0. The Labute approximate surface area is 136 Å². The molecule has 23 heavy (non-hydrogen) atoms. The number of hydrogen-bond donors (Lipinski definition) is 0. The van der Waals surface area contributed by atoms with Gasteiger partial charge in [-0.15, -0.1) is 0 Å². The van der Waals surface area contributed by atoms with Gasteiger partial charge in [0, 0.05) is 12.0 Å². The number of furan rings is 1. The first kappa shape index (κ1) is 15.3. The van der Waals surface area contributed by atoms with Gasteiger partial charge >= 0.3 is 5.97 Å². The molecular weight excluding hydrogens is 288 g/mol. The van der Waals surface area contributed by atoms with Gasteiger partial charge in [0.2, 0.25) is 0 Å². The van der Waals surface area contributed by atoms with Crippen LogP contribution in [0.2, 0.25) is 0 Å². The Bertz CT molecular complexity index is 773. The fourth-order valence-corrected chi connectivity index (χ4v) is 2.50. The Morgan fingerprint density at radius 1 is 1.09 bits per heavy atom. The fraction of sp³-hybridized carbons (Fsp3) is 0.250. The fourth-order valence-electron chi connectivity index (χ4n) is 2.50. The summed E-state index contributed by atoms with van der Waals surface area (Å²) in [4.78, 5) is 11.9. The number of cyclic esters (lactones) is 1. The van der Waals surface area contributed by atoms with E-state index in [1.165, 1.54) is 5.56 Å². The van der Waals surface area contributed by atoms with E-state index in [0.29, 0.717) is 17.3 Å². The van der Waals surface area contributed by atoms with Crippen molar-refractivity contribution in [3.63, 3.8) is 0 Å². The number of carbonyl (C=O) groups excluding carboxylic acids is 1. The number of rotatable bonds is 4. The number of aryl methyl sites for hydroxylation is 1. The smallest absolute Gasteiger partial charge is 0.343 e. The van der Waals surface area contributed by atoms with Crippen molar-refractivity contribution < 1.29 is 13.9 Å². The predicted molar refractivity (Wildman–Crippen MR) is 90.5 cm³/mol. The lowest BCUT2D eigenvalue weighted by molar-refractivity contribution is -0.133. The van der Waals surface area contributed by atoms with Crippen molar-refractivity contribution in [2.45, 2.75) is 27.2 Å². The summed E-state index contributed by atoms with van der Waals surface area (Å²) in [6.07, 6.45) is 4.29. The van der Waals surface area contributed by atoms with Crippen LogP contribution >= 0.6 is 0 Å². The first-order chi connectivity index (χ1) is 11.0. The van der Waals surface area contributed by atoms with Gasteiger partial charge in [0.05, 0.1) is 5.57 Å². The maximum atomic E-state index is 11.9. The lowest BCUT2D eigenvalue weighted by Crippen LogP contribution is -1.98. The molecule has 3 nitrogen and oxygen atoms in total. The molecule has 2 heterocycles. The minimum Gasteiger partial charge on any atom is -0.457 e. The molecule has 0 amide bonds. The van der Waals surface area contributed by atoms with Crippen molar-refractivity contribution in [3.05, 3.63) is 65.1 Å². The maximum absolute atomic E-state index is 11.9. The van der Waals surface area contributed by atoms with E-state index < -0.39 is 0 Å². The normalized spacial score (nSPS) is 16.1. The van der Waals surface area contributed by atoms with E-state index in [9.17, 15) is 4.79 Å². The molecule has 0 saturated heterocycles. The summed E-state index contributed by atoms with van der Waals surface area (Å²) in [5.74, 6) is 2.30. The molecule has 0 radical (unpaired) electrons. The van der Waals surface area contributed by atoms with Crippen molar-refractivity contribution in [3.8, 4) is 11.3 Å². The minimum absolute atomic E-state index is 0.311. The summed E-state index contributed by atoms with van der Waals surface area (Å²) in [5.41, 5.74) is 2.76. The van der Waals surface area contributed by atoms with Crippen molar-refractivity contribution in [1.29, 1.82) is 0 Å². The summed E-state index contributed by atoms with van der Waals surface area (Å²) in [6.45, 7) is 6.24. The second kappa shape index (κ2) is 6.29. The third-order valence-corrected chi connectivity index (χ3v) is 3.65. The predicted octanol–water partition coefficient (Wildman–Crippen LogP) is 5.13. The highest BCUT2D eigenvalue weighted by Gasteiger charge is 2.21. The van der Waals surface area contributed by atoms with Gasteiger partial charge in [-0.1, -0.05) is 43.7 Å². The molecule has 1 aromatic heterocycles. The van der Waals surface area contributed by atoms with Gasteiger partial charge in [-0.05, 0) is 37.1 Å². The van der Waals surface area contributed by atoms with Crippen LogP contribution in [0.3, 0.4) is 0 Å². The lowest BCUT2D eigenvalue weighted by atomic mass is 10.1.